The Hall–Kier alpha value is -2.94. The standard InChI is InChI=1S/C18H14ClN3O4S/c19-13-7-12(18(23)22-14-3-2-6-21-11-14)8-16(9-13)26-15-4-1-5-17(10-15)27(20,24)25/h1-11H,(H,22,23)(H2,20,24,25). The fourth-order valence-corrected chi connectivity index (χ4v) is 3.02. The molecule has 1 amide bonds. The van der Waals surface area contributed by atoms with Crippen LogP contribution in [0.4, 0.5) is 5.69 Å². The Labute approximate surface area is 160 Å². The van der Waals surface area contributed by atoms with Gasteiger partial charge in [0.25, 0.3) is 5.91 Å². The van der Waals surface area contributed by atoms with Crippen molar-refractivity contribution in [2.24, 2.45) is 5.14 Å². The number of hydrogen-bond donors (Lipinski definition) is 2. The van der Waals surface area contributed by atoms with Gasteiger partial charge < -0.3 is 10.1 Å². The second-order valence-electron chi connectivity index (χ2n) is 5.49. The van der Waals surface area contributed by atoms with Gasteiger partial charge in [-0.15, -0.1) is 0 Å². The average molecular weight is 404 g/mol. The number of halogens is 1. The Kier molecular flexibility index (Phi) is 5.41. The molecule has 0 saturated heterocycles. The summed E-state index contributed by atoms with van der Waals surface area (Å²) in [6.45, 7) is 0. The SMILES string of the molecule is NS(=O)(=O)c1cccc(Oc2cc(Cl)cc(C(=O)Nc3cccnc3)c2)c1. The zero-order valence-corrected chi connectivity index (χ0v) is 15.4. The van der Waals surface area contributed by atoms with Gasteiger partial charge in [-0.3, -0.25) is 9.78 Å². The van der Waals surface area contributed by atoms with E-state index in [-0.39, 0.29) is 27.0 Å². The molecule has 138 valence electrons. The van der Waals surface area contributed by atoms with Gasteiger partial charge in [-0.2, -0.15) is 0 Å². The molecule has 0 unspecified atom stereocenters. The quantitative estimate of drug-likeness (QED) is 0.677. The minimum atomic E-state index is -3.86. The summed E-state index contributed by atoms with van der Waals surface area (Å²) in [4.78, 5) is 16.2. The molecule has 0 radical (unpaired) electrons. The van der Waals surface area contributed by atoms with Crippen LogP contribution in [0.2, 0.25) is 5.02 Å². The number of aromatic nitrogens is 1. The van der Waals surface area contributed by atoms with Gasteiger partial charge >= 0.3 is 0 Å². The van der Waals surface area contributed by atoms with Crippen molar-refractivity contribution in [3.8, 4) is 11.5 Å². The summed E-state index contributed by atoms with van der Waals surface area (Å²) in [6, 6.07) is 13.6. The number of nitrogens with two attached hydrogens (primary N) is 1. The summed E-state index contributed by atoms with van der Waals surface area (Å²) in [7, 11) is -3.86. The highest BCUT2D eigenvalue weighted by Gasteiger charge is 2.12. The maximum Gasteiger partial charge on any atom is 0.255 e. The lowest BCUT2D eigenvalue weighted by molar-refractivity contribution is 0.102. The summed E-state index contributed by atoms with van der Waals surface area (Å²) in [5.41, 5.74) is 0.801. The summed E-state index contributed by atoms with van der Waals surface area (Å²) >= 11 is 6.08. The lowest BCUT2D eigenvalue weighted by Gasteiger charge is -2.10. The highest BCUT2D eigenvalue weighted by Crippen LogP contribution is 2.28. The maximum atomic E-state index is 12.4. The van der Waals surface area contributed by atoms with Crippen LogP contribution in [0.5, 0.6) is 11.5 Å². The number of nitrogens with one attached hydrogen (secondary N) is 1. The van der Waals surface area contributed by atoms with Crippen molar-refractivity contribution in [3.05, 3.63) is 77.6 Å². The molecule has 3 N–H and O–H groups in total. The molecule has 0 fully saturated rings. The molecular formula is C18H14ClN3O4S. The van der Waals surface area contributed by atoms with Crippen molar-refractivity contribution < 1.29 is 17.9 Å². The smallest absolute Gasteiger partial charge is 0.255 e. The molecule has 0 bridgehead atoms. The lowest BCUT2D eigenvalue weighted by Crippen LogP contribution is -2.12. The van der Waals surface area contributed by atoms with Crippen LogP contribution in [0.1, 0.15) is 10.4 Å². The molecule has 2 aromatic carbocycles. The highest BCUT2D eigenvalue weighted by molar-refractivity contribution is 7.89. The van der Waals surface area contributed by atoms with E-state index in [4.69, 9.17) is 21.5 Å². The second kappa shape index (κ2) is 7.75. The predicted molar refractivity (Wildman–Crippen MR) is 102 cm³/mol. The van der Waals surface area contributed by atoms with E-state index in [1.807, 2.05) is 0 Å². The molecule has 9 heteroatoms. The molecule has 3 rings (SSSR count). The number of anilines is 1. The number of ether oxygens (including phenoxy) is 1. The monoisotopic (exact) mass is 403 g/mol. The van der Waals surface area contributed by atoms with Crippen LogP contribution in [0, 0.1) is 0 Å². The fraction of sp³-hybridized carbons (Fsp3) is 0. The van der Waals surface area contributed by atoms with E-state index < -0.39 is 15.9 Å². The van der Waals surface area contributed by atoms with Gasteiger partial charge in [0.2, 0.25) is 10.0 Å². The van der Waals surface area contributed by atoms with Crippen LogP contribution < -0.4 is 15.2 Å². The highest BCUT2D eigenvalue weighted by atomic mass is 35.5. The summed E-state index contributed by atoms with van der Waals surface area (Å²) in [5, 5.41) is 8.10. The average Bonchev–Trinajstić information content (AvgIpc) is 2.61. The number of sulfonamides is 1. The summed E-state index contributed by atoms with van der Waals surface area (Å²) in [5.74, 6) is 0.112. The predicted octanol–water partition coefficient (Wildman–Crippen LogP) is 3.43. The van der Waals surface area contributed by atoms with Crippen LogP contribution in [0.15, 0.2) is 71.9 Å². The van der Waals surface area contributed by atoms with Gasteiger partial charge in [-0.05, 0) is 42.5 Å². The van der Waals surface area contributed by atoms with Crippen molar-refractivity contribution in [2.45, 2.75) is 4.90 Å². The largest absolute Gasteiger partial charge is 0.457 e. The van der Waals surface area contributed by atoms with Crippen LogP contribution in [0.3, 0.4) is 0 Å². The number of pyridine rings is 1. The molecule has 1 heterocycles. The molecule has 0 aliphatic heterocycles. The van der Waals surface area contributed by atoms with Gasteiger partial charge in [-0.25, -0.2) is 13.6 Å². The zero-order valence-electron chi connectivity index (χ0n) is 13.8. The number of carbonyl (C=O) groups excluding carboxylic acids is 1. The molecule has 0 spiro atoms. The Morgan fingerprint density at radius 2 is 1.89 bits per heavy atom. The lowest BCUT2D eigenvalue weighted by atomic mass is 10.2. The molecule has 1 aromatic heterocycles. The number of rotatable bonds is 5. The van der Waals surface area contributed by atoms with E-state index in [0.29, 0.717) is 5.69 Å². The molecule has 7 nitrogen and oxygen atoms in total. The molecule has 0 saturated carbocycles. The van der Waals surface area contributed by atoms with Crippen molar-refractivity contribution >= 4 is 33.2 Å². The minimum absolute atomic E-state index is 0.0865. The van der Waals surface area contributed by atoms with E-state index in [0.717, 1.165) is 0 Å². The topological polar surface area (TPSA) is 111 Å². The van der Waals surface area contributed by atoms with Crippen LogP contribution in [0.25, 0.3) is 0 Å². The summed E-state index contributed by atoms with van der Waals surface area (Å²) < 4.78 is 28.5. The molecule has 0 atom stereocenters. The van der Waals surface area contributed by atoms with E-state index in [9.17, 15) is 13.2 Å². The van der Waals surface area contributed by atoms with E-state index in [1.165, 1.54) is 42.6 Å². The van der Waals surface area contributed by atoms with Crippen molar-refractivity contribution in [1.29, 1.82) is 0 Å². The van der Waals surface area contributed by atoms with Gasteiger partial charge in [0.15, 0.2) is 0 Å². The number of amides is 1. The van der Waals surface area contributed by atoms with E-state index >= 15 is 0 Å². The van der Waals surface area contributed by atoms with Gasteiger partial charge in [0, 0.05) is 22.8 Å². The zero-order chi connectivity index (χ0) is 19.4. The molecular weight excluding hydrogens is 390 g/mol. The first kappa shape index (κ1) is 18.8. The molecule has 0 aliphatic rings. The number of carbonyl (C=O) groups is 1. The molecule has 3 aromatic rings. The third kappa shape index (κ3) is 5.04. The third-order valence-electron chi connectivity index (χ3n) is 3.42. The number of hydrogen-bond acceptors (Lipinski definition) is 5. The first-order chi connectivity index (χ1) is 12.8. The Morgan fingerprint density at radius 1 is 1.07 bits per heavy atom. The molecule has 0 aliphatic carbocycles. The first-order valence-corrected chi connectivity index (χ1v) is 9.56. The van der Waals surface area contributed by atoms with Gasteiger partial charge in [0.1, 0.15) is 11.5 Å². The van der Waals surface area contributed by atoms with E-state index in [1.54, 1.807) is 24.4 Å². The van der Waals surface area contributed by atoms with Crippen molar-refractivity contribution in [3.63, 3.8) is 0 Å². The van der Waals surface area contributed by atoms with E-state index in [2.05, 4.69) is 10.3 Å². The first-order valence-electron chi connectivity index (χ1n) is 7.64. The Bertz CT molecular complexity index is 1090. The van der Waals surface area contributed by atoms with Crippen LogP contribution >= 0.6 is 11.6 Å². The van der Waals surface area contributed by atoms with Crippen molar-refractivity contribution in [1.82, 2.24) is 4.98 Å². The fourth-order valence-electron chi connectivity index (χ4n) is 2.24. The second-order valence-corrected chi connectivity index (χ2v) is 7.49. The normalized spacial score (nSPS) is 11.0. The molecule has 27 heavy (non-hydrogen) atoms. The van der Waals surface area contributed by atoms with Gasteiger partial charge in [-0.1, -0.05) is 17.7 Å². The number of benzene rings is 2. The Morgan fingerprint density at radius 3 is 2.59 bits per heavy atom. The Balaban J connectivity index is 1.84. The van der Waals surface area contributed by atoms with Crippen LogP contribution in [-0.4, -0.2) is 19.3 Å². The minimum Gasteiger partial charge on any atom is -0.457 e. The van der Waals surface area contributed by atoms with Gasteiger partial charge in [0.05, 0.1) is 16.8 Å². The number of nitrogens with zero attached hydrogens (tertiary/aromatic N) is 1. The third-order valence-corrected chi connectivity index (χ3v) is 4.55. The number of primary sulfonamides is 1. The van der Waals surface area contributed by atoms with Crippen molar-refractivity contribution in [2.75, 3.05) is 5.32 Å². The summed E-state index contributed by atoms with van der Waals surface area (Å²) in [6.07, 6.45) is 3.11. The van der Waals surface area contributed by atoms with Crippen LogP contribution in [-0.2, 0) is 10.0 Å². The maximum absolute atomic E-state index is 12.4.